The molecule has 0 saturated carbocycles. The van der Waals surface area contributed by atoms with Gasteiger partial charge in [-0.2, -0.15) is 0 Å². The second-order valence-electron chi connectivity index (χ2n) is 6.97. The highest BCUT2D eigenvalue weighted by molar-refractivity contribution is 7.07. The second-order valence-corrected chi connectivity index (χ2v) is 7.98. The number of benzene rings is 2. The minimum absolute atomic E-state index is 0.203. The van der Waals surface area contributed by atoms with Crippen LogP contribution >= 0.6 is 11.3 Å². The summed E-state index contributed by atoms with van der Waals surface area (Å²) in [5.41, 5.74) is 2.48. The fraction of sp³-hybridized carbons (Fsp3) is 0.208. The van der Waals surface area contributed by atoms with E-state index in [0.717, 1.165) is 16.9 Å². The molecule has 0 amide bonds. The molecular weight excluding hydrogens is 412 g/mol. The summed E-state index contributed by atoms with van der Waals surface area (Å²) in [6.45, 7) is 3.78. The Morgan fingerprint density at radius 1 is 1.16 bits per heavy atom. The number of esters is 1. The monoisotopic (exact) mass is 434 g/mol. The summed E-state index contributed by atoms with van der Waals surface area (Å²) in [4.78, 5) is 31.3. The van der Waals surface area contributed by atoms with Gasteiger partial charge in [-0.15, -0.1) is 0 Å². The quantitative estimate of drug-likeness (QED) is 0.579. The number of rotatable bonds is 5. The number of allylic oxidation sites excluding steroid dienone is 1. The predicted octanol–water partition coefficient (Wildman–Crippen LogP) is 2.92. The molecule has 158 valence electrons. The van der Waals surface area contributed by atoms with Crippen LogP contribution in [0.25, 0.3) is 11.8 Å². The standard InChI is InChI=1S/C24H22N2O4S/c1-4-30-23(28)20-15(2)26-22(27)19(14-16-10-12-18(29-3)13-11-16)31-24(26)25-21(20)17-8-6-5-7-9-17/h5-14,21H,4H2,1-3H3/b19-14-/t21-/m0/s1. The van der Waals surface area contributed by atoms with Crippen LogP contribution in [-0.4, -0.2) is 24.3 Å². The van der Waals surface area contributed by atoms with Crippen LogP contribution in [-0.2, 0) is 9.53 Å². The van der Waals surface area contributed by atoms with E-state index in [9.17, 15) is 9.59 Å². The summed E-state index contributed by atoms with van der Waals surface area (Å²) in [6.07, 6.45) is 1.82. The van der Waals surface area contributed by atoms with Crippen molar-refractivity contribution >= 4 is 29.1 Å². The van der Waals surface area contributed by atoms with Crippen molar-refractivity contribution in [3.05, 3.63) is 91.0 Å². The molecule has 4 rings (SSSR count). The van der Waals surface area contributed by atoms with Crippen molar-refractivity contribution in [1.29, 1.82) is 0 Å². The SMILES string of the molecule is CCOC(=O)C1=C(C)n2c(s/c(=C\c3ccc(OC)cc3)c2=O)=N[C@H]1c1ccccc1. The van der Waals surface area contributed by atoms with Gasteiger partial charge in [-0.1, -0.05) is 53.8 Å². The Bertz CT molecular complexity index is 1320. The van der Waals surface area contributed by atoms with Crippen LogP contribution in [0.1, 0.15) is 31.0 Å². The van der Waals surface area contributed by atoms with E-state index in [-0.39, 0.29) is 12.2 Å². The van der Waals surface area contributed by atoms with E-state index in [4.69, 9.17) is 14.5 Å². The Kier molecular flexibility index (Phi) is 5.86. The van der Waals surface area contributed by atoms with Crippen LogP contribution in [0.15, 0.2) is 70.0 Å². The number of carbonyl (C=O) groups excluding carboxylic acids is 1. The normalized spacial score (nSPS) is 16.0. The van der Waals surface area contributed by atoms with E-state index < -0.39 is 12.0 Å². The molecule has 0 fully saturated rings. The molecule has 1 atom stereocenters. The van der Waals surface area contributed by atoms with E-state index in [1.165, 1.54) is 15.9 Å². The van der Waals surface area contributed by atoms with Gasteiger partial charge in [-0.25, -0.2) is 9.79 Å². The fourth-order valence-corrected chi connectivity index (χ4v) is 4.58. The number of fused-ring (bicyclic) bond motifs is 1. The summed E-state index contributed by atoms with van der Waals surface area (Å²) >= 11 is 1.31. The summed E-state index contributed by atoms with van der Waals surface area (Å²) in [5.74, 6) is 0.292. The number of hydrogen-bond acceptors (Lipinski definition) is 6. The van der Waals surface area contributed by atoms with Crippen LogP contribution in [0.4, 0.5) is 0 Å². The minimum Gasteiger partial charge on any atom is -0.497 e. The molecule has 3 aromatic rings. The van der Waals surface area contributed by atoms with Gasteiger partial charge in [-0.3, -0.25) is 9.36 Å². The lowest BCUT2D eigenvalue weighted by atomic mass is 9.97. The first-order valence-corrected chi connectivity index (χ1v) is 10.7. The maximum atomic E-state index is 13.2. The number of ether oxygens (including phenoxy) is 2. The molecule has 2 aromatic carbocycles. The van der Waals surface area contributed by atoms with Gasteiger partial charge in [0.2, 0.25) is 0 Å². The Balaban J connectivity index is 1.91. The van der Waals surface area contributed by atoms with Crippen LogP contribution in [0.5, 0.6) is 5.75 Å². The summed E-state index contributed by atoms with van der Waals surface area (Å²) < 4.78 is 12.5. The first kappa shape index (κ1) is 20.8. The van der Waals surface area contributed by atoms with Gasteiger partial charge in [0.15, 0.2) is 4.80 Å². The Labute approximate surface area is 183 Å². The molecule has 0 radical (unpaired) electrons. The number of nitrogens with zero attached hydrogens (tertiary/aromatic N) is 2. The third kappa shape index (κ3) is 3.96. The van der Waals surface area contributed by atoms with Gasteiger partial charge in [-0.05, 0) is 43.2 Å². The summed E-state index contributed by atoms with van der Waals surface area (Å²) in [5, 5.41) is 0. The van der Waals surface area contributed by atoms with E-state index in [1.54, 1.807) is 21.0 Å². The molecule has 31 heavy (non-hydrogen) atoms. The maximum Gasteiger partial charge on any atom is 0.338 e. The van der Waals surface area contributed by atoms with Crippen LogP contribution < -0.4 is 19.6 Å². The van der Waals surface area contributed by atoms with Gasteiger partial charge < -0.3 is 9.47 Å². The molecule has 2 heterocycles. The van der Waals surface area contributed by atoms with Crippen molar-refractivity contribution in [3.8, 4) is 5.75 Å². The first-order chi connectivity index (χ1) is 15.0. The first-order valence-electron chi connectivity index (χ1n) is 9.92. The number of methoxy groups -OCH3 is 1. The van der Waals surface area contributed by atoms with Crippen molar-refractivity contribution in [3.63, 3.8) is 0 Å². The molecule has 1 aliphatic heterocycles. The van der Waals surface area contributed by atoms with E-state index in [0.29, 0.717) is 20.6 Å². The molecule has 0 unspecified atom stereocenters. The lowest BCUT2D eigenvalue weighted by Crippen LogP contribution is -2.35. The average Bonchev–Trinajstić information content (AvgIpc) is 3.10. The zero-order chi connectivity index (χ0) is 22.0. The van der Waals surface area contributed by atoms with Crippen LogP contribution in [0.2, 0.25) is 0 Å². The number of hydrogen-bond donors (Lipinski definition) is 0. The number of aromatic nitrogens is 1. The Morgan fingerprint density at radius 2 is 1.87 bits per heavy atom. The number of carbonyl (C=O) groups is 1. The van der Waals surface area contributed by atoms with Crippen molar-refractivity contribution < 1.29 is 14.3 Å². The zero-order valence-corrected chi connectivity index (χ0v) is 18.3. The third-order valence-electron chi connectivity index (χ3n) is 5.07. The fourth-order valence-electron chi connectivity index (χ4n) is 3.55. The minimum atomic E-state index is -0.521. The summed E-state index contributed by atoms with van der Waals surface area (Å²) in [7, 11) is 1.61. The zero-order valence-electron chi connectivity index (χ0n) is 17.5. The maximum absolute atomic E-state index is 13.2. The third-order valence-corrected chi connectivity index (χ3v) is 6.05. The lowest BCUT2D eigenvalue weighted by molar-refractivity contribution is -0.138. The molecule has 0 aliphatic carbocycles. The predicted molar refractivity (Wildman–Crippen MR) is 121 cm³/mol. The van der Waals surface area contributed by atoms with Crippen molar-refractivity contribution in [2.75, 3.05) is 13.7 Å². The smallest absolute Gasteiger partial charge is 0.338 e. The Hall–Kier alpha value is -3.45. The van der Waals surface area contributed by atoms with Gasteiger partial charge in [0.05, 0.1) is 23.8 Å². The largest absolute Gasteiger partial charge is 0.497 e. The van der Waals surface area contributed by atoms with Crippen LogP contribution in [0, 0.1) is 0 Å². The van der Waals surface area contributed by atoms with E-state index >= 15 is 0 Å². The van der Waals surface area contributed by atoms with Gasteiger partial charge in [0, 0.05) is 5.70 Å². The van der Waals surface area contributed by atoms with Crippen LogP contribution in [0.3, 0.4) is 0 Å². The highest BCUT2D eigenvalue weighted by atomic mass is 32.1. The van der Waals surface area contributed by atoms with Crippen molar-refractivity contribution in [2.24, 2.45) is 4.99 Å². The highest BCUT2D eigenvalue weighted by Crippen LogP contribution is 2.32. The molecule has 6 nitrogen and oxygen atoms in total. The molecule has 0 bridgehead atoms. The average molecular weight is 435 g/mol. The molecule has 1 aliphatic rings. The topological polar surface area (TPSA) is 69.9 Å². The molecular formula is C24H22N2O4S. The highest BCUT2D eigenvalue weighted by Gasteiger charge is 2.31. The molecule has 0 saturated heterocycles. The van der Waals surface area contributed by atoms with E-state index in [1.807, 2.05) is 60.7 Å². The molecule has 0 N–H and O–H groups in total. The van der Waals surface area contributed by atoms with Gasteiger partial charge in [0.25, 0.3) is 5.56 Å². The van der Waals surface area contributed by atoms with Gasteiger partial charge in [0.1, 0.15) is 11.8 Å². The molecule has 7 heteroatoms. The summed E-state index contributed by atoms with van der Waals surface area (Å²) in [6, 6.07) is 16.5. The number of thiazole rings is 1. The lowest BCUT2D eigenvalue weighted by Gasteiger charge is -2.22. The van der Waals surface area contributed by atoms with Crippen molar-refractivity contribution in [2.45, 2.75) is 19.9 Å². The van der Waals surface area contributed by atoms with Gasteiger partial charge >= 0.3 is 5.97 Å². The van der Waals surface area contributed by atoms with E-state index in [2.05, 4.69) is 0 Å². The Morgan fingerprint density at radius 3 is 2.52 bits per heavy atom. The van der Waals surface area contributed by atoms with Crippen molar-refractivity contribution in [1.82, 2.24) is 4.57 Å². The second kappa shape index (κ2) is 8.73. The molecule has 1 aromatic heterocycles. The molecule has 0 spiro atoms.